The molecule has 2 aromatic rings. The van der Waals surface area contributed by atoms with Crippen LogP contribution in [-0.2, 0) is 20.5 Å². The van der Waals surface area contributed by atoms with Crippen LogP contribution in [-0.4, -0.2) is 55.3 Å². The van der Waals surface area contributed by atoms with E-state index in [1.165, 1.54) is 17.8 Å². The van der Waals surface area contributed by atoms with Gasteiger partial charge in [0.1, 0.15) is 0 Å². The first-order valence-electron chi connectivity index (χ1n) is 9.46. The molecule has 3 rings (SSSR count). The summed E-state index contributed by atoms with van der Waals surface area (Å²) in [6.45, 7) is 1.11. The number of alkyl halides is 3. The number of nitrogens with zero attached hydrogens (tertiary/aromatic N) is 2. The number of piperazine rings is 1. The van der Waals surface area contributed by atoms with Gasteiger partial charge < -0.3 is 14.5 Å². The van der Waals surface area contributed by atoms with Crippen molar-refractivity contribution in [3.05, 3.63) is 59.1 Å². The Morgan fingerprint density at radius 1 is 1.03 bits per heavy atom. The van der Waals surface area contributed by atoms with Crippen LogP contribution >= 0.6 is 23.4 Å². The van der Waals surface area contributed by atoms with Gasteiger partial charge in [0.25, 0.3) is 5.91 Å². The van der Waals surface area contributed by atoms with Gasteiger partial charge in [-0.05, 0) is 42.5 Å². The zero-order valence-electron chi connectivity index (χ0n) is 16.4. The molecular weight excluding hydrogens is 453 g/mol. The summed E-state index contributed by atoms with van der Waals surface area (Å²) in [7, 11) is 0. The third-order valence-corrected chi connectivity index (χ3v) is 5.94. The number of halogens is 4. The summed E-state index contributed by atoms with van der Waals surface area (Å²) < 4.78 is 43.8. The highest BCUT2D eigenvalue weighted by atomic mass is 35.5. The number of amides is 1. The second kappa shape index (κ2) is 10.3. The number of hydrogen-bond acceptors (Lipinski definition) is 5. The van der Waals surface area contributed by atoms with Gasteiger partial charge in [0.2, 0.25) is 0 Å². The van der Waals surface area contributed by atoms with E-state index in [4.69, 9.17) is 16.3 Å². The van der Waals surface area contributed by atoms with E-state index in [1.807, 2.05) is 0 Å². The predicted octanol–water partition coefficient (Wildman–Crippen LogP) is 4.34. The smallest absolute Gasteiger partial charge is 0.416 e. The van der Waals surface area contributed by atoms with Crippen molar-refractivity contribution in [3.8, 4) is 0 Å². The van der Waals surface area contributed by atoms with Gasteiger partial charge in [0.05, 0.1) is 11.3 Å². The Bertz CT molecular complexity index is 917. The summed E-state index contributed by atoms with van der Waals surface area (Å²) in [6.07, 6.45) is -4.40. The van der Waals surface area contributed by atoms with Crippen molar-refractivity contribution in [2.75, 3.05) is 43.4 Å². The van der Waals surface area contributed by atoms with Gasteiger partial charge in [0.15, 0.2) is 6.61 Å². The number of anilines is 1. The summed E-state index contributed by atoms with van der Waals surface area (Å²) in [6, 6.07) is 12.1. The molecule has 0 spiro atoms. The molecule has 1 saturated heterocycles. The molecule has 1 aliphatic heterocycles. The normalized spacial score (nSPS) is 14.5. The van der Waals surface area contributed by atoms with E-state index >= 15 is 0 Å². The van der Waals surface area contributed by atoms with Gasteiger partial charge in [-0.2, -0.15) is 13.2 Å². The first kappa shape index (κ1) is 23.3. The maximum absolute atomic E-state index is 12.9. The van der Waals surface area contributed by atoms with Crippen LogP contribution in [0.3, 0.4) is 0 Å². The van der Waals surface area contributed by atoms with Gasteiger partial charge in [0, 0.05) is 41.8 Å². The van der Waals surface area contributed by atoms with E-state index < -0.39 is 17.7 Å². The van der Waals surface area contributed by atoms with Crippen LogP contribution in [0.2, 0.25) is 5.02 Å². The summed E-state index contributed by atoms with van der Waals surface area (Å²) in [5.41, 5.74) is -0.237. The SMILES string of the molecule is O=C(CSc1ccc(Cl)cc1)OCC(=O)N1CCN(c2cccc(C(F)(F)F)c2)CC1. The first-order chi connectivity index (χ1) is 14.7. The molecule has 1 fully saturated rings. The number of hydrogen-bond donors (Lipinski definition) is 0. The van der Waals surface area contributed by atoms with E-state index in [1.54, 1.807) is 40.1 Å². The third kappa shape index (κ3) is 6.80. The molecule has 1 amide bonds. The maximum atomic E-state index is 12.9. The molecule has 0 bridgehead atoms. The van der Waals surface area contributed by atoms with Crippen LogP contribution in [0.25, 0.3) is 0 Å². The largest absolute Gasteiger partial charge is 0.455 e. The van der Waals surface area contributed by atoms with Gasteiger partial charge in [-0.1, -0.05) is 17.7 Å². The van der Waals surface area contributed by atoms with Crippen molar-refractivity contribution in [3.63, 3.8) is 0 Å². The molecule has 0 atom stereocenters. The average Bonchev–Trinajstić information content (AvgIpc) is 2.76. The van der Waals surface area contributed by atoms with Crippen molar-refractivity contribution < 1.29 is 27.5 Å². The summed E-state index contributed by atoms with van der Waals surface area (Å²) in [4.78, 5) is 28.4. The molecule has 1 aliphatic rings. The molecule has 0 aromatic heterocycles. The van der Waals surface area contributed by atoms with Crippen LogP contribution in [0.1, 0.15) is 5.56 Å². The van der Waals surface area contributed by atoms with Crippen molar-refractivity contribution >= 4 is 40.9 Å². The van der Waals surface area contributed by atoms with E-state index in [0.717, 1.165) is 17.0 Å². The summed E-state index contributed by atoms with van der Waals surface area (Å²) in [5.74, 6) is -0.762. The minimum atomic E-state index is -4.40. The number of esters is 1. The molecule has 31 heavy (non-hydrogen) atoms. The topological polar surface area (TPSA) is 49.9 Å². The fraction of sp³-hybridized carbons (Fsp3) is 0.333. The van der Waals surface area contributed by atoms with E-state index in [0.29, 0.717) is 36.9 Å². The number of thioether (sulfide) groups is 1. The molecule has 0 unspecified atom stereocenters. The van der Waals surface area contributed by atoms with Crippen LogP contribution < -0.4 is 4.90 Å². The maximum Gasteiger partial charge on any atom is 0.416 e. The zero-order chi connectivity index (χ0) is 22.4. The lowest BCUT2D eigenvalue weighted by Crippen LogP contribution is -2.50. The standard InChI is InChI=1S/C21H20ClF3N2O3S/c22-16-4-6-18(7-5-16)31-14-20(29)30-13-19(28)27-10-8-26(9-11-27)17-3-1-2-15(12-17)21(23,24)25/h1-7,12H,8-11,13-14H2. The fourth-order valence-electron chi connectivity index (χ4n) is 3.04. The minimum Gasteiger partial charge on any atom is -0.455 e. The zero-order valence-corrected chi connectivity index (χ0v) is 18.0. The molecule has 5 nitrogen and oxygen atoms in total. The number of carbonyl (C=O) groups is 2. The monoisotopic (exact) mass is 472 g/mol. The molecule has 0 radical (unpaired) electrons. The quantitative estimate of drug-likeness (QED) is 0.462. The van der Waals surface area contributed by atoms with Gasteiger partial charge >= 0.3 is 12.1 Å². The molecule has 0 saturated carbocycles. The number of ether oxygens (including phenoxy) is 1. The lowest BCUT2D eigenvalue weighted by atomic mass is 10.1. The van der Waals surface area contributed by atoms with Gasteiger partial charge in [-0.3, -0.25) is 9.59 Å². The first-order valence-corrected chi connectivity index (χ1v) is 10.8. The average molecular weight is 473 g/mol. The second-order valence-electron chi connectivity index (χ2n) is 6.82. The Hall–Kier alpha value is -2.39. The van der Waals surface area contributed by atoms with Crippen molar-refractivity contribution in [1.82, 2.24) is 4.90 Å². The van der Waals surface area contributed by atoms with E-state index in [9.17, 15) is 22.8 Å². The highest BCUT2D eigenvalue weighted by molar-refractivity contribution is 8.00. The van der Waals surface area contributed by atoms with Gasteiger partial charge in [-0.25, -0.2) is 0 Å². The molecule has 0 N–H and O–H groups in total. The molecule has 1 heterocycles. The molecule has 10 heteroatoms. The minimum absolute atomic E-state index is 0.0677. The molecular formula is C21H20ClF3N2O3S. The van der Waals surface area contributed by atoms with Crippen molar-refractivity contribution in [1.29, 1.82) is 0 Å². The molecule has 0 aliphatic carbocycles. The third-order valence-electron chi connectivity index (χ3n) is 4.70. The Balaban J connectivity index is 1.42. The Labute approximate surface area is 187 Å². The second-order valence-corrected chi connectivity index (χ2v) is 8.30. The summed E-state index contributed by atoms with van der Waals surface area (Å²) >= 11 is 7.09. The molecule has 2 aromatic carbocycles. The Kier molecular flexibility index (Phi) is 7.72. The van der Waals surface area contributed by atoms with Crippen LogP contribution in [0, 0.1) is 0 Å². The lowest BCUT2D eigenvalue weighted by Gasteiger charge is -2.36. The van der Waals surface area contributed by atoms with Crippen LogP contribution in [0.4, 0.5) is 18.9 Å². The van der Waals surface area contributed by atoms with Crippen LogP contribution in [0.5, 0.6) is 0 Å². The number of carbonyl (C=O) groups excluding carboxylic acids is 2. The lowest BCUT2D eigenvalue weighted by molar-refractivity contribution is -0.150. The van der Waals surface area contributed by atoms with Crippen LogP contribution in [0.15, 0.2) is 53.4 Å². The van der Waals surface area contributed by atoms with Crippen molar-refractivity contribution in [2.45, 2.75) is 11.1 Å². The summed E-state index contributed by atoms with van der Waals surface area (Å²) in [5, 5.41) is 0.602. The van der Waals surface area contributed by atoms with E-state index in [-0.39, 0.29) is 18.3 Å². The Morgan fingerprint density at radius 2 is 1.71 bits per heavy atom. The Morgan fingerprint density at radius 3 is 2.35 bits per heavy atom. The van der Waals surface area contributed by atoms with Gasteiger partial charge in [-0.15, -0.1) is 11.8 Å². The highest BCUT2D eigenvalue weighted by Crippen LogP contribution is 2.31. The van der Waals surface area contributed by atoms with Crippen molar-refractivity contribution in [2.24, 2.45) is 0 Å². The number of benzene rings is 2. The predicted molar refractivity (Wildman–Crippen MR) is 113 cm³/mol. The highest BCUT2D eigenvalue weighted by Gasteiger charge is 2.31. The van der Waals surface area contributed by atoms with E-state index in [2.05, 4.69) is 0 Å². The molecule has 166 valence electrons. The fourth-order valence-corrected chi connectivity index (χ4v) is 3.86. The number of rotatable bonds is 6.